The van der Waals surface area contributed by atoms with Crippen LogP contribution in [0.3, 0.4) is 0 Å². The molecule has 1 heterocycles. The van der Waals surface area contributed by atoms with Gasteiger partial charge in [-0.3, -0.25) is 14.4 Å². The predicted molar refractivity (Wildman–Crippen MR) is 113 cm³/mol. The van der Waals surface area contributed by atoms with Crippen LogP contribution < -0.4 is 5.56 Å². The number of hydrogen-bond donors (Lipinski definition) is 1. The highest BCUT2D eigenvalue weighted by Gasteiger charge is 2.17. The highest BCUT2D eigenvalue weighted by Crippen LogP contribution is 2.24. The number of hydrogen-bond acceptors (Lipinski definition) is 4. The fourth-order valence-electron chi connectivity index (χ4n) is 3.25. The number of aromatic nitrogens is 1. The highest BCUT2D eigenvalue weighted by atomic mass is 16.3. The standard InChI is InChI=1S/C23H23N3O2/c1-3-4-7-12-26-22(27)20(14-24)16(2)21(23(26)28)15-25-19-11-10-17-8-5-6-9-18(17)13-19/h5-6,8-11,13,15,28H,3-4,7,12H2,1-2H3. The summed E-state index contributed by atoms with van der Waals surface area (Å²) in [6.07, 6.45) is 4.25. The Morgan fingerprint density at radius 3 is 2.64 bits per heavy atom. The lowest BCUT2D eigenvalue weighted by Crippen LogP contribution is -2.25. The second-order valence-electron chi connectivity index (χ2n) is 6.80. The van der Waals surface area contributed by atoms with Crippen molar-refractivity contribution in [2.24, 2.45) is 4.99 Å². The Morgan fingerprint density at radius 2 is 1.93 bits per heavy atom. The SMILES string of the molecule is CCCCCn1c(O)c(C=Nc2ccc3ccccc3c2)c(C)c(C#N)c1=O. The Hall–Kier alpha value is -3.39. The topological polar surface area (TPSA) is 78.4 Å². The zero-order chi connectivity index (χ0) is 20.1. The molecule has 3 aromatic rings. The van der Waals surface area contributed by atoms with Crippen LogP contribution in [0.1, 0.15) is 42.9 Å². The van der Waals surface area contributed by atoms with Gasteiger partial charge in [-0.15, -0.1) is 0 Å². The Bertz CT molecular complexity index is 1140. The lowest BCUT2D eigenvalue weighted by Gasteiger charge is -2.13. The molecule has 0 atom stereocenters. The average Bonchev–Trinajstić information content (AvgIpc) is 2.70. The summed E-state index contributed by atoms with van der Waals surface area (Å²) >= 11 is 0. The summed E-state index contributed by atoms with van der Waals surface area (Å²) in [7, 11) is 0. The first-order chi connectivity index (χ1) is 13.6. The van der Waals surface area contributed by atoms with Crippen LogP contribution in [-0.2, 0) is 6.54 Å². The van der Waals surface area contributed by atoms with Gasteiger partial charge in [-0.2, -0.15) is 5.26 Å². The molecule has 28 heavy (non-hydrogen) atoms. The molecule has 5 heteroatoms. The van der Waals surface area contributed by atoms with Crippen LogP contribution in [0.5, 0.6) is 5.88 Å². The maximum absolute atomic E-state index is 12.5. The normalized spacial score (nSPS) is 11.2. The molecular weight excluding hydrogens is 350 g/mol. The number of nitrogens with zero attached hydrogens (tertiary/aromatic N) is 3. The summed E-state index contributed by atoms with van der Waals surface area (Å²) in [6, 6.07) is 15.8. The van der Waals surface area contributed by atoms with Crippen molar-refractivity contribution in [3.63, 3.8) is 0 Å². The number of unbranched alkanes of at least 4 members (excludes halogenated alkanes) is 2. The molecule has 0 radical (unpaired) electrons. The summed E-state index contributed by atoms with van der Waals surface area (Å²) in [6.45, 7) is 4.11. The molecule has 0 amide bonds. The van der Waals surface area contributed by atoms with Crippen molar-refractivity contribution in [3.8, 4) is 11.9 Å². The summed E-state index contributed by atoms with van der Waals surface area (Å²) in [5.41, 5.74) is 1.19. The third-order valence-corrected chi connectivity index (χ3v) is 4.91. The molecule has 142 valence electrons. The molecule has 0 aliphatic carbocycles. The molecular formula is C23H23N3O2. The van der Waals surface area contributed by atoms with Crippen LogP contribution in [0.4, 0.5) is 5.69 Å². The zero-order valence-corrected chi connectivity index (χ0v) is 16.1. The van der Waals surface area contributed by atoms with Crippen molar-refractivity contribution in [2.45, 2.75) is 39.7 Å². The molecule has 3 rings (SSSR count). The van der Waals surface area contributed by atoms with E-state index in [1.807, 2.05) is 48.5 Å². The molecule has 0 aliphatic rings. The molecule has 5 nitrogen and oxygen atoms in total. The first-order valence-electron chi connectivity index (χ1n) is 9.46. The van der Waals surface area contributed by atoms with E-state index in [4.69, 9.17) is 0 Å². The van der Waals surface area contributed by atoms with E-state index in [0.717, 1.165) is 35.7 Å². The maximum Gasteiger partial charge on any atom is 0.271 e. The minimum Gasteiger partial charge on any atom is -0.494 e. The fourth-order valence-corrected chi connectivity index (χ4v) is 3.25. The van der Waals surface area contributed by atoms with Crippen LogP contribution in [0, 0.1) is 18.3 Å². The van der Waals surface area contributed by atoms with E-state index in [1.54, 1.807) is 6.92 Å². The van der Waals surface area contributed by atoms with E-state index in [9.17, 15) is 15.2 Å². The van der Waals surface area contributed by atoms with E-state index in [-0.39, 0.29) is 11.4 Å². The van der Waals surface area contributed by atoms with E-state index in [2.05, 4.69) is 11.9 Å². The van der Waals surface area contributed by atoms with Crippen LogP contribution in [0.2, 0.25) is 0 Å². The van der Waals surface area contributed by atoms with Gasteiger partial charge in [-0.25, -0.2) is 0 Å². The van der Waals surface area contributed by atoms with Crippen molar-refractivity contribution in [3.05, 3.63) is 69.5 Å². The van der Waals surface area contributed by atoms with Gasteiger partial charge < -0.3 is 5.11 Å². The van der Waals surface area contributed by atoms with Crippen molar-refractivity contribution in [2.75, 3.05) is 0 Å². The molecule has 1 N–H and O–H groups in total. The number of nitriles is 1. The molecule has 0 spiro atoms. The summed E-state index contributed by atoms with van der Waals surface area (Å²) in [4.78, 5) is 17.0. The number of aliphatic imine (C=N–C) groups is 1. The summed E-state index contributed by atoms with van der Waals surface area (Å²) in [5.74, 6) is -0.137. The van der Waals surface area contributed by atoms with Crippen molar-refractivity contribution >= 4 is 22.7 Å². The Labute approximate surface area is 164 Å². The number of rotatable bonds is 6. The van der Waals surface area contributed by atoms with Gasteiger partial charge in [0.05, 0.1) is 11.3 Å². The van der Waals surface area contributed by atoms with E-state index in [0.29, 0.717) is 17.7 Å². The fraction of sp³-hybridized carbons (Fsp3) is 0.261. The van der Waals surface area contributed by atoms with Crippen molar-refractivity contribution in [1.82, 2.24) is 4.57 Å². The molecule has 0 saturated carbocycles. The van der Waals surface area contributed by atoms with Gasteiger partial charge >= 0.3 is 0 Å². The van der Waals surface area contributed by atoms with Gasteiger partial charge in [-0.1, -0.05) is 50.1 Å². The lowest BCUT2D eigenvalue weighted by molar-refractivity contribution is 0.398. The highest BCUT2D eigenvalue weighted by molar-refractivity contribution is 5.90. The second kappa shape index (κ2) is 8.53. The Kier molecular flexibility index (Phi) is 5.90. The molecule has 0 bridgehead atoms. The van der Waals surface area contributed by atoms with E-state index >= 15 is 0 Å². The number of aromatic hydroxyl groups is 1. The molecule has 0 aliphatic heterocycles. The second-order valence-corrected chi connectivity index (χ2v) is 6.80. The van der Waals surface area contributed by atoms with Gasteiger partial charge in [0.15, 0.2) is 0 Å². The monoisotopic (exact) mass is 373 g/mol. The van der Waals surface area contributed by atoms with Gasteiger partial charge in [-0.05, 0) is 41.8 Å². The van der Waals surface area contributed by atoms with Gasteiger partial charge in [0.1, 0.15) is 11.6 Å². The first-order valence-corrected chi connectivity index (χ1v) is 9.46. The molecule has 0 saturated heterocycles. The lowest BCUT2D eigenvalue weighted by atomic mass is 10.1. The minimum atomic E-state index is -0.448. The summed E-state index contributed by atoms with van der Waals surface area (Å²) in [5, 5.41) is 22.3. The largest absolute Gasteiger partial charge is 0.494 e. The van der Waals surface area contributed by atoms with E-state index < -0.39 is 5.56 Å². The molecule has 0 unspecified atom stereocenters. The smallest absolute Gasteiger partial charge is 0.271 e. The molecule has 0 fully saturated rings. The van der Waals surface area contributed by atoms with E-state index in [1.165, 1.54) is 10.8 Å². The number of fused-ring (bicyclic) bond motifs is 1. The molecule has 1 aromatic heterocycles. The zero-order valence-electron chi connectivity index (χ0n) is 16.1. The number of pyridine rings is 1. The van der Waals surface area contributed by atoms with Gasteiger partial charge in [0.25, 0.3) is 5.56 Å². The van der Waals surface area contributed by atoms with Crippen LogP contribution in [0.15, 0.2) is 52.3 Å². The van der Waals surface area contributed by atoms with Gasteiger partial charge in [0, 0.05) is 12.8 Å². The van der Waals surface area contributed by atoms with Crippen LogP contribution in [0.25, 0.3) is 10.8 Å². The average molecular weight is 373 g/mol. The number of benzene rings is 2. The van der Waals surface area contributed by atoms with Crippen LogP contribution >= 0.6 is 0 Å². The van der Waals surface area contributed by atoms with Crippen molar-refractivity contribution < 1.29 is 5.11 Å². The van der Waals surface area contributed by atoms with Crippen molar-refractivity contribution in [1.29, 1.82) is 5.26 Å². The molecule has 2 aromatic carbocycles. The van der Waals surface area contributed by atoms with Crippen LogP contribution in [-0.4, -0.2) is 15.9 Å². The predicted octanol–water partition coefficient (Wildman–Crippen LogP) is 4.83. The Balaban J connectivity index is 2.04. The first kappa shape index (κ1) is 19.4. The quantitative estimate of drug-likeness (QED) is 0.496. The van der Waals surface area contributed by atoms with Gasteiger partial charge in [0.2, 0.25) is 5.88 Å². The third kappa shape index (κ3) is 3.81. The third-order valence-electron chi connectivity index (χ3n) is 4.91. The maximum atomic E-state index is 12.5. The minimum absolute atomic E-state index is 0.0502. The Morgan fingerprint density at radius 1 is 1.18 bits per heavy atom. The summed E-state index contributed by atoms with van der Waals surface area (Å²) < 4.78 is 1.28.